The van der Waals surface area contributed by atoms with E-state index in [9.17, 15) is 9.18 Å². The first-order valence-electron chi connectivity index (χ1n) is 12.8. The van der Waals surface area contributed by atoms with Gasteiger partial charge >= 0.3 is 0 Å². The van der Waals surface area contributed by atoms with Gasteiger partial charge in [0.2, 0.25) is 5.75 Å². The lowest BCUT2D eigenvalue weighted by molar-refractivity contribution is -0.112. The summed E-state index contributed by atoms with van der Waals surface area (Å²) < 4.78 is 30.5. The van der Waals surface area contributed by atoms with Crippen molar-refractivity contribution in [2.24, 2.45) is 4.99 Å². The van der Waals surface area contributed by atoms with E-state index in [1.54, 1.807) is 38.5 Å². The van der Waals surface area contributed by atoms with E-state index in [2.05, 4.69) is 31.8 Å². The maximum absolute atomic E-state index is 14.2. The molecule has 5 rings (SSSR count). The number of amides is 1. The molecule has 1 fully saturated rings. The summed E-state index contributed by atoms with van der Waals surface area (Å²) in [6.45, 7) is 3.87. The van der Waals surface area contributed by atoms with Crippen molar-refractivity contribution < 1.29 is 23.4 Å². The topological polar surface area (TPSA) is 119 Å². The molecular formula is C28H32FN7O4. The Kier molecular flexibility index (Phi) is 7.81. The maximum atomic E-state index is 14.2. The van der Waals surface area contributed by atoms with Crippen LogP contribution in [0.5, 0.6) is 17.2 Å². The lowest BCUT2D eigenvalue weighted by Crippen LogP contribution is -2.49. The second kappa shape index (κ2) is 11.4. The molecule has 0 aliphatic carbocycles. The molecule has 12 heteroatoms. The van der Waals surface area contributed by atoms with Crippen LogP contribution < -0.4 is 24.8 Å². The molecule has 0 spiro atoms. The van der Waals surface area contributed by atoms with Gasteiger partial charge in [-0.1, -0.05) is 0 Å². The molecule has 1 saturated heterocycles. The van der Waals surface area contributed by atoms with E-state index in [4.69, 9.17) is 19.9 Å². The Hall–Kier alpha value is -4.29. The van der Waals surface area contributed by atoms with Crippen LogP contribution in [0, 0.1) is 5.82 Å². The number of anilines is 2. The molecule has 0 bridgehead atoms. The van der Waals surface area contributed by atoms with Crippen molar-refractivity contribution in [1.29, 1.82) is 0 Å². The molecule has 2 aliphatic heterocycles. The first-order chi connectivity index (χ1) is 19.3. The number of nitrogens with two attached hydrogens (primary N) is 1. The first-order valence-corrected chi connectivity index (χ1v) is 12.8. The molecule has 3 aromatic rings. The summed E-state index contributed by atoms with van der Waals surface area (Å²) in [6, 6.07) is 7.92. The van der Waals surface area contributed by atoms with Gasteiger partial charge in [-0.05, 0) is 42.9 Å². The average molecular weight is 550 g/mol. The average Bonchev–Trinajstić information content (AvgIpc) is 3.20. The number of piperazine rings is 1. The van der Waals surface area contributed by atoms with Gasteiger partial charge in [0, 0.05) is 49.9 Å². The fraction of sp³-hybridized carbons (Fsp3) is 0.357. The van der Waals surface area contributed by atoms with Crippen molar-refractivity contribution in [2.45, 2.75) is 6.42 Å². The minimum Gasteiger partial charge on any atom is -0.493 e. The second-order valence-corrected chi connectivity index (χ2v) is 9.71. The van der Waals surface area contributed by atoms with E-state index in [1.165, 1.54) is 12.1 Å². The van der Waals surface area contributed by atoms with Crippen molar-refractivity contribution in [3.05, 3.63) is 59.0 Å². The molecule has 1 aromatic heterocycles. The van der Waals surface area contributed by atoms with Crippen LogP contribution in [0.3, 0.4) is 0 Å². The Morgan fingerprint density at radius 3 is 2.35 bits per heavy atom. The Morgan fingerprint density at radius 1 is 1.02 bits per heavy atom. The van der Waals surface area contributed by atoms with E-state index in [0.29, 0.717) is 47.2 Å². The summed E-state index contributed by atoms with van der Waals surface area (Å²) in [5.41, 5.74) is 8.88. The van der Waals surface area contributed by atoms with E-state index < -0.39 is 5.82 Å². The Labute approximate surface area is 232 Å². The molecule has 0 atom stereocenters. The van der Waals surface area contributed by atoms with Gasteiger partial charge in [0.1, 0.15) is 17.3 Å². The van der Waals surface area contributed by atoms with Crippen molar-refractivity contribution in [2.75, 3.05) is 71.9 Å². The normalized spacial score (nSPS) is 16.9. The first kappa shape index (κ1) is 27.3. The number of hydrogen-bond acceptors (Lipinski definition) is 10. The highest BCUT2D eigenvalue weighted by Crippen LogP contribution is 2.39. The lowest BCUT2D eigenvalue weighted by Gasteiger charge is -2.34. The quantitative estimate of drug-likeness (QED) is 0.452. The van der Waals surface area contributed by atoms with Gasteiger partial charge in [-0.25, -0.2) is 14.4 Å². The number of aromatic nitrogens is 2. The van der Waals surface area contributed by atoms with Crippen LogP contribution in [-0.2, 0) is 11.2 Å². The molecule has 2 aliphatic rings. The molecule has 2 aromatic carbocycles. The SMILES string of the molecule is COc1cc(Cc2cnc(/N=C3\C(=O)N(CN4CCN(C)CC4)c4ccc(F)cc43)nc2N)cc(OC)c1OC. The zero-order valence-electron chi connectivity index (χ0n) is 23.0. The van der Waals surface area contributed by atoms with Crippen molar-refractivity contribution >= 4 is 29.1 Å². The highest BCUT2D eigenvalue weighted by atomic mass is 19.1. The smallest absolute Gasteiger partial charge is 0.278 e. The van der Waals surface area contributed by atoms with Gasteiger partial charge in [0.05, 0.1) is 33.7 Å². The summed E-state index contributed by atoms with van der Waals surface area (Å²) >= 11 is 0. The fourth-order valence-electron chi connectivity index (χ4n) is 4.88. The molecule has 0 saturated carbocycles. The largest absolute Gasteiger partial charge is 0.493 e. The van der Waals surface area contributed by atoms with Crippen molar-refractivity contribution in [1.82, 2.24) is 19.8 Å². The van der Waals surface area contributed by atoms with E-state index >= 15 is 0 Å². The standard InChI is InChI=1S/C28H32FN7O4/c1-34-7-9-35(10-8-34)16-36-21-6-5-19(29)14-20(21)24(27(36)37)32-28-31-15-18(26(30)33-28)11-17-12-22(38-2)25(40-4)23(13-17)39-3/h5-6,12-15H,7-11,16H2,1-4H3,(H2,30,31,33)/b32-24-. The Balaban J connectivity index is 1.41. The molecule has 210 valence electrons. The third-order valence-corrected chi connectivity index (χ3v) is 7.11. The molecule has 0 radical (unpaired) electrons. The highest BCUT2D eigenvalue weighted by Gasteiger charge is 2.36. The number of rotatable bonds is 8. The minimum absolute atomic E-state index is 0.0196. The summed E-state index contributed by atoms with van der Waals surface area (Å²) in [5.74, 6) is 0.972. The lowest BCUT2D eigenvalue weighted by atomic mass is 10.1. The van der Waals surface area contributed by atoms with Gasteiger partial charge < -0.3 is 24.8 Å². The van der Waals surface area contributed by atoms with Gasteiger partial charge in [0.25, 0.3) is 11.9 Å². The summed E-state index contributed by atoms with van der Waals surface area (Å²) in [6.07, 6.45) is 1.96. The van der Waals surface area contributed by atoms with Crippen LogP contribution in [0.15, 0.2) is 41.5 Å². The van der Waals surface area contributed by atoms with Gasteiger partial charge in [-0.15, -0.1) is 0 Å². The van der Waals surface area contributed by atoms with Gasteiger partial charge in [-0.3, -0.25) is 14.6 Å². The van der Waals surface area contributed by atoms with Crippen molar-refractivity contribution in [3.8, 4) is 17.2 Å². The number of likely N-dealkylation sites (N-methyl/N-ethyl adjacent to an activating group) is 1. The number of nitrogens with zero attached hydrogens (tertiary/aromatic N) is 6. The zero-order chi connectivity index (χ0) is 28.4. The van der Waals surface area contributed by atoms with Crippen LogP contribution >= 0.6 is 0 Å². The van der Waals surface area contributed by atoms with Crippen LogP contribution in [0.4, 0.5) is 21.8 Å². The van der Waals surface area contributed by atoms with Crippen LogP contribution in [-0.4, -0.2) is 92.6 Å². The molecule has 11 nitrogen and oxygen atoms in total. The highest BCUT2D eigenvalue weighted by molar-refractivity contribution is 6.54. The Morgan fingerprint density at radius 2 is 1.73 bits per heavy atom. The molecule has 0 unspecified atom stereocenters. The predicted molar refractivity (Wildman–Crippen MR) is 149 cm³/mol. The Bertz CT molecular complexity index is 1430. The van der Waals surface area contributed by atoms with E-state index in [0.717, 1.165) is 31.7 Å². The van der Waals surface area contributed by atoms with Crippen LogP contribution in [0.2, 0.25) is 0 Å². The second-order valence-electron chi connectivity index (χ2n) is 9.71. The van der Waals surface area contributed by atoms with Crippen molar-refractivity contribution in [3.63, 3.8) is 0 Å². The number of halogens is 1. The third kappa shape index (κ3) is 5.40. The molecular weight excluding hydrogens is 517 g/mol. The molecule has 40 heavy (non-hydrogen) atoms. The molecule has 1 amide bonds. The number of carbonyl (C=O) groups excluding carboxylic acids is 1. The number of aliphatic imine (C=N–C) groups is 1. The fourth-order valence-corrected chi connectivity index (χ4v) is 4.88. The number of benzene rings is 2. The molecule has 2 N–H and O–H groups in total. The van der Waals surface area contributed by atoms with Gasteiger partial charge in [0.15, 0.2) is 11.5 Å². The predicted octanol–water partition coefficient (Wildman–Crippen LogP) is 2.49. The summed E-state index contributed by atoms with van der Waals surface area (Å²) in [5, 5.41) is 0. The number of hydrogen-bond donors (Lipinski definition) is 1. The van der Waals surface area contributed by atoms with E-state index in [-0.39, 0.29) is 23.4 Å². The van der Waals surface area contributed by atoms with Crippen LogP contribution in [0.25, 0.3) is 0 Å². The zero-order valence-corrected chi connectivity index (χ0v) is 23.0. The number of carbonyl (C=O) groups is 1. The number of ether oxygens (including phenoxy) is 3. The number of nitrogen functional groups attached to an aromatic ring is 1. The summed E-state index contributed by atoms with van der Waals surface area (Å²) in [4.78, 5) is 32.7. The monoisotopic (exact) mass is 549 g/mol. The minimum atomic E-state index is -0.457. The maximum Gasteiger partial charge on any atom is 0.278 e. The van der Waals surface area contributed by atoms with Crippen LogP contribution in [0.1, 0.15) is 16.7 Å². The third-order valence-electron chi connectivity index (χ3n) is 7.11. The van der Waals surface area contributed by atoms with Gasteiger partial charge in [-0.2, -0.15) is 4.98 Å². The number of methoxy groups -OCH3 is 3. The number of fused-ring (bicyclic) bond motifs is 1. The van der Waals surface area contributed by atoms with E-state index in [1.807, 2.05) is 12.1 Å². The molecule has 3 heterocycles. The summed E-state index contributed by atoms with van der Waals surface area (Å²) in [7, 11) is 6.71.